The molecule has 3 heterocycles. The number of oxazole rings is 1. The molecule has 1 aliphatic rings. The van der Waals surface area contributed by atoms with Gasteiger partial charge in [0.25, 0.3) is 11.8 Å². The van der Waals surface area contributed by atoms with Gasteiger partial charge in [0.15, 0.2) is 6.39 Å². The number of carbonyl (C=O) groups excluding carboxylic acids is 2. The Morgan fingerprint density at radius 1 is 0.972 bits per heavy atom. The predicted molar refractivity (Wildman–Crippen MR) is 135 cm³/mol. The van der Waals surface area contributed by atoms with E-state index in [1.165, 1.54) is 24.4 Å². The fourth-order valence-corrected chi connectivity index (χ4v) is 4.28. The van der Waals surface area contributed by atoms with Crippen molar-refractivity contribution in [2.45, 2.75) is 18.8 Å². The van der Waals surface area contributed by atoms with Gasteiger partial charge >= 0.3 is 0 Å². The second-order valence-electron chi connectivity index (χ2n) is 8.45. The van der Waals surface area contributed by atoms with Crippen LogP contribution in [-0.2, 0) is 0 Å². The average Bonchev–Trinajstić information content (AvgIpc) is 3.46. The summed E-state index contributed by atoms with van der Waals surface area (Å²) >= 11 is 5.85. The Balaban J connectivity index is 1.13. The van der Waals surface area contributed by atoms with Crippen LogP contribution in [0.1, 0.15) is 45.2 Å². The molecule has 0 aliphatic carbocycles. The van der Waals surface area contributed by atoms with Crippen LogP contribution in [0, 0.1) is 0 Å². The molecule has 9 heteroatoms. The number of ether oxygens (including phenoxy) is 1. The number of nitrogens with one attached hydrogen (secondary N) is 1. The Morgan fingerprint density at radius 2 is 1.72 bits per heavy atom. The van der Waals surface area contributed by atoms with Gasteiger partial charge in [-0.2, -0.15) is 0 Å². The summed E-state index contributed by atoms with van der Waals surface area (Å²) < 4.78 is 10.7. The lowest BCUT2D eigenvalue weighted by atomic mass is 9.89. The van der Waals surface area contributed by atoms with Crippen LogP contribution >= 0.6 is 11.6 Å². The first kappa shape index (κ1) is 23.6. The standard InChI is InChI=1S/C27H23ClN4O4/c28-21-5-10-25(30-15-21)36-23-8-3-20(4-9-23)27(34)32-13-11-19(12-14-32)18-1-6-22(7-2-18)31-26(33)24-16-29-17-35-24/h1-10,15-17,19H,11-14H2,(H,31,33). The zero-order valence-corrected chi connectivity index (χ0v) is 20.0. The van der Waals surface area contributed by atoms with Crippen molar-refractivity contribution < 1.29 is 18.7 Å². The molecule has 0 unspecified atom stereocenters. The molecule has 2 amide bonds. The number of rotatable bonds is 6. The number of pyridine rings is 1. The summed E-state index contributed by atoms with van der Waals surface area (Å²) in [5.41, 5.74) is 2.50. The lowest BCUT2D eigenvalue weighted by molar-refractivity contribution is 0.0713. The Bertz CT molecular complexity index is 1320. The van der Waals surface area contributed by atoms with Crippen LogP contribution in [-0.4, -0.2) is 39.8 Å². The summed E-state index contributed by atoms with van der Waals surface area (Å²) in [7, 11) is 0. The third-order valence-electron chi connectivity index (χ3n) is 6.10. The number of halogens is 1. The number of aromatic nitrogens is 2. The third kappa shape index (κ3) is 5.55. The van der Waals surface area contributed by atoms with Crippen LogP contribution in [0.15, 0.2) is 83.9 Å². The SMILES string of the molecule is O=C(Nc1ccc(C2CCN(C(=O)c3ccc(Oc4ccc(Cl)cn4)cc3)CC2)cc1)c1cnco1. The molecule has 1 fully saturated rings. The first-order valence-corrected chi connectivity index (χ1v) is 11.9. The van der Waals surface area contributed by atoms with Gasteiger partial charge in [-0.3, -0.25) is 9.59 Å². The van der Waals surface area contributed by atoms with Gasteiger partial charge in [-0.15, -0.1) is 0 Å². The molecule has 1 saturated heterocycles. The molecule has 0 bridgehead atoms. The minimum Gasteiger partial charge on any atom is -0.439 e. The maximum Gasteiger partial charge on any atom is 0.293 e. The number of likely N-dealkylation sites (tertiary alicyclic amines) is 1. The van der Waals surface area contributed by atoms with E-state index in [0.717, 1.165) is 12.8 Å². The normalized spacial score (nSPS) is 13.9. The zero-order chi connectivity index (χ0) is 24.9. The lowest BCUT2D eigenvalue weighted by Crippen LogP contribution is -2.37. The van der Waals surface area contributed by atoms with Crippen molar-refractivity contribution >= 4 is 29.1 Å². The van der Waals surface area contributed by atoms with Gasteiger partial charge in [0.05, 0.1) is 11.2 Å². The minimum atomic E-state index is -0.340. The summed E-state index contributed by atoms with van der Waals surface area (Å²) in [6.45, 7) is 1.36. The Kier molecular flexibility index (Phi) is 6.95. The van der Waals surface area contributed by atoms with Crippen molar-refractivity contribution in [3.05, 3.63) is 101 Å². The number of piperidine rings is 1. The van der Waals surface area contributed by atoms with E-state index < -0.39 is 0 Å². The highest BCUT2D eigenvalue weighted by Gasteiger charge is 2.24. The van der Waals surface area contributed by atoms with Crippen molar-refractivity contribution in [1.29, 1.82) is 0 Å². The van der Waals surface area contributed by atoms with E-state index >= 15 is 0 Å². The first-order valence-electron chi connectivity index (χ1n) is 11.5. The van der Waals surface area contributed by atoms with Crippen molar-refractivity contribution in [2.24, 2.45) is 0 Å². The number of benzene rings is 2. The van der Waals surface area contributed by atoms with E-state index in [1.807, 2.05) is 29.2 Å². The molecule has 0 spiro atoms. The van der Waals surface area contributed by atoms with E-state index in [2.05, 4.69) is 15.3 Å². The Morgan fingerprint density at radius 3 is 2.36 bits per heavy atom. The summed E-state index contributed by atoms with van der Waals surface area (Å²) in [4.78, 5) is 34.8. The molecule has 2 aromatic carbocycles. The van der Waals surface area contributed by atoms with Crippen molar-refractivity contribution in [3.8, 4) is 11.6 Å². The number of anilines is 1. The molecule has 0 saturated carbocycles. The van der Waals surface area contributed by atoms with Crippen LogP contribution in [0.4, 0.5) is 5.69 Å². The fraction of sp³-hybridized carbons (Fsp3) is 0.185. The van der Waals surface area contributed by atoms with Crippen LogP contribution in [0.5, 0.6) is 11.6 Å². The molecule has 36 heavy (non-hydrogen) atoms. The topological polar surface area (TPSA) is 97.6 Å². The van der Waals surface area contributed by atoms with Crippen molar-refractivity contribution in [3.63, 3.8) is 0 Å². The van der Waals surface area contributed by atoms with Crippen LogP contribution in [0.3, 0.4) is 0 Å². The summed E-state index contributed by atoms with van der Waals surface area (Å²) in [6, 6.07) is 18.3. The van der Waals surface area contributed by atoms with Gasteiger partial charge in [0.2, 0.25) is 11.6 Å². The quantitative estimate of drug-likeness (QED) is 0.358. The van der Waals surface area contributed by atoms with Gasteiger partial charge < -0.3 is 19.4 Å². The molecule has 2 aromatic heterocycles. The maximum atomic E-state index is 13.0. The van der Waals surface area contributed by atoms with Gasteiger partial charge in [0.1, 0.15) is 5.75 Å². The summed E-state index contributed by atoms with van der Waals surface area (Å²) in [5.74, 6) is 1.22. The third-order valence-corrected chi connectivity index (χ3v) is 6.33. The largest absolute Gasteiger partial charge is 0.439 e. The van der Waals surface area contributed by atoms with E-state index in [-0.39, 0.29) is 17.6 Å². The summed E-state index contributed by atoms with van der Waals surface area (Å²) in [6.07, 6.45) is 5.86. The number of amides is 2. The van der Waals surface area contributed by atoms with Gasteiger partial charge in [-0.25, -0.2) is 9.97 Å². The molecule has 5 rings (SSSR count). The highest BCUT2D eigenvalue weighted by molar-refractivity contribution is 6.30. The first-order chi connectivity index (χ1) is 17.5. The van der Waals surface area contributed by atoms with E-state index in [1.54, 1.807) is 36.4 Å². The number of hydrogen-bond donors (Lipinski definition) is 1. The fourth-order valence-electron chi connectivity index (χ4n) is 4.17. The van der Waals surface area contributed by atoms with Crippen LogP contribution < -0.4 is 10.1 Å². The van der Waals surface area contributed by atoms with Crippen molar-refractivity contribution in [1.82, 2.24) is 14.9 Å². The summed E-state index contributed by atoms with van der Waals surface area (Å²) in [5, 5.41) is 3.33. The smallest absolute Gasteiger partial charge is 0.293 e. The van der Waals surface area contributed by atoms with Crippen molar-refractivity contribution in [2.75, 3.05) is 18.4 Å². The van der Waals surface area contributed by atoms with Gasteiger partial charge in [-0.1, -0.05) is 23.7 Å². The number of hydrogen-bond acceptors (Lipinski definition) is 6. The Hall–Kier alpha value is -4.17. The van der Waals surface area contributed by atoms with E-state index in [4.69, 9.17) is 20.8 Å². The molecule has 0 atom stereocenters. The highest BCUT2D eigenvalue weighted by Crippen LogP contribution is 2.30. The average molecular weight is 503 g/mol. The zero-order valence-electron chi connectivity index (χ0n) is 19.3. The molecular formula is C27H23ClN4O4. The molecular weight excluding hydrogens is 480 g/mol. The molecule has 1 N–H and O–H groups in total. The van der Waals surface area contributed by atoms with Gasteiger partial charge in [0, 0.05) is 36.6 Å². The lowest BCUT2D eigenvalue weighted by Gasteiger charge is -2.32. The van der Waals surface area contributed by atoms with Crippen LogP contribution in [0.25, 0.3) is 0 Å². The minimum absolute atomic E-state index is 0.00935. The predicted octanol–water partition coefficient (Wildman–Crippen LogP) is 5.79. The second-order valence-corrected chi connectivity index (χ2v) is 8.89. The second kappa shape index (κ2) is 10.6. The molecule has 4 aromatic rings. The highest BCUT2D eigenvalue weighted by atomic mass is 35.5. The monoisotopic (exact) mass is 502 g/mol. The molecule has 0 radical (unpaired) electrons. The molecule has 1 aliphatic heterocycles. The van der Waals surface area contributed by atoms with Gasteiger partial charge in [-0.05, 0) is 66.8 Å². The molecule has 8 nitrogen and oxygen atoms in total. The number of nitrogens with zero attached hydrogens (tertiary/aromatic N) is 3. The Labute approximate surface area is 212 Å². The van der Waals surface area contributed by atoms with E-state index in [9.17, 15) is 9.59 Å². The van der Waals surface area contributed by atoms with Crippen LogP contribution in [0.2, 0.25) is 5.02 Å². The molecule has 182 valence electrons. The number of carbonyl (C=O) groups is 2. The maximum absolute atomic E-state index is 13.0. The van der Waals surface area contributed by atoms with E-state index in [0.29, 0.717) is 46.9 Å².